The van der Waals surface area contributed by atoms with Gasteiger partial charge in [-0.15, -0.1) is 0 Å². The van der Waals surface area contributed by atoms with Crippen LogP contribution in [0.15, 0.2) is 35.9 Å². The van der Waals surface area contributed by atoms with E-state index in [9.17, 15) is 4.79 Å². The van der Waals surface area contributed by atoms with Crippen LogP contribution in [0.25, 0.3) is 0 Å². The highest BCUT2D eigenvalue weighted by Gasteiger charge is 2.16. The largest absolute Gasteiger partial charge is 0.295 e. The van der Waals surface area contributed by atoms with Gasteiger partial charge < -0.3 is 0 Å². The summed E-state index contributed by atoms with van der Waals surface area (Å²) in [5.74, 6) is -0.276. The van der Waals surface area contributed by atoms with E-state index in [0.29, 0.717) is 0 Å². The number of carbonyl (C=O) groups is 1. The van der Waals surface area contributed by atoms with Crippen LogP contribution in [-0.4, -0.2) is 10.8 Å². The molecule has 0 aliphatic carbocycles. The maximum absolute atomic E-state index is 11.3. The molecule has 0 saturated carbocycles. The van der Waals surface area contributed by atoms with E-state index in [1.54, 1.807) is 41.5 Å². The lowest BCUT2D eigenvalue weighted by Crippen LogP contribution is -2.35. The van der Waals surface area contributed by atoms with E-state index in [2.05, 4.69) is 4.98 Å². The molecule has 16 heavy (non-hydrogen) atoms. The zero-order valence-electron chi connectivity index (χ0n) is 8.71. The molecule has 0 fully saturated rings. The predicted octanol–water partition coefficient (Wildman–Crippen LogP) is 0.302. The molecule has 0 aliphatic rings. The number of nitrogens with zero attached hydrogens (tertiary/aromatic N) is 4. The van der Waals surface area contributed by atoms with Gasteiger partial charge in [-0.2, -0.15) is 15.1 Å². The highest BCUT2D eigenvalue weighted by Crippen LogP contribution is 2.04. The van der Waals surface area contributed by atoms with Gasteiger partial charge in [0.2, 0.25) is 0 Å². The van der Waals surface area contributed by atoms with Crippen molar-refractivity contribution in [3.05, 3.63) is 35.9 Å². The van der Waals surface area contributed by atoms with Crippen molar-refractivity contribution in [3.8, 4) is 12.1 Å². The molecule has 0 N–H and O–H groups in total. The van der Waals surface area contributed by atoms with Crippen molar-refractivity contribution < 1.29 is 9.36 Å². The number of hydrogen-bond donors (Lipinski definition) is 0. The second-order valence-electron chi connectivity index (χ2n) is 3.05. The zero-order chi connectivity index (χ0) is 12.0. The molecule has 0 amide bonds. The van der Waals surface area contributed by atoms with Gasteiger partial charge in [0.05, 0.1) is 18.0 Å². The first-order chi connectivity index (χ1) is 7.69. The Morgan fingerprint density at radius 3 is 2.31 bits per heavy atom. The fourth-order valence-electron chi connectivity index (χ4n) is 1.16. The SMILES string of the molecule is CC(=O)C(C[n+]1ccncc1)=C(C#N)C#N. The minimum atomic E-state index is -0.276. The number of allylic oxidation sites excluding steroid dienone is 2. The van der Waals surface area contributed by atoms with Crippen LogP contribution < -0.4 is 4.57 Å². The smallest absolute Gasteiger partial charge is 0.187 e. The summed E-state index contributed by atoms with van der Waals surface area (Å²) < 4.78 is 1.68. The highest BCUT2D eigenvalue weighted by atomic mass is 16.1. The van der Waals surface area contributed by atoms with E-state index < -0.39 is 0 Å². The van der Waals surface area contributed by atoms with E-state index in [1.807, 2.05) is 0 Å². The van der Waals surface area contributed by atoms with Gasteiger partial charge in [-0.3, -0.25) is 9.78 Å². The molecular weight excluding hydrogens is 204 g/mol. The fourth-order valence-corrected chi connectivity index (χ4v) is 1.16. The van der Waals surface area contributed by atoms with Crippen LogP contribution in [0.3, 0.4) is 0 Å². The minimum absolute atomic E-state index is 0.142. The van der Waals surface area contributed by atoms with Crippen molar-refractivity contribution in [2.45, 2.75) is 13.5 Å². The van der Waals surface area contributed by atoms with Gasteiger partial charge in [0, 0.05) is 0 Å². The first-order valence-corrected chi connectivity index (χ1v) is 4.52. The molecule has 0 radical (unpaired) electrons. The normalized spacial score (nSPS) is 8.69. The molecule has 78 valence electrons. The van der Waals surface area contributed by atoms with Gasteiger partial charge in [-0.05, 0) is 6.92 Å². The van der Waals surface area contributed by atoms with Crippen molar-refractivity contribution >= 4 is 5.78 Å². The molecule has 1 aromatic rings. The third-order valence-electron chi connectivity index (χ3n) is 1.98. The maximum atomic E-state index is 11.3. The van der Waals surface area contributed by atoms with Gasteiger partial charge >= 0.3 is 0 Å². The molecule has 0 saturated heterocycles. The monoisotopic (exact) mass is 213 g/mol. The van der Waals surface area contributed by atoms with Gasteiger partial charge in [0.15, 0.2) is 24.7 Å². The zero-order valence-corrected chi connectivity index (χ0v) is 8.71. The number of hydrogen-bond acceptors (Lipinski definition) is 4. The van der Waals surface area contributed by atoms with Crippen LogP contribution in [0.1, 0.15) is 6.92 Å². The summed E-state index contributed by atoms with van der Waals surface area (Å²) in [7, 11) is 0. The molecule has 1 aromatic heterocycles. The number of nitriles is 2. The Balaban J connectivity index is 3.10. The Morgan fingerprint density at radius 2 is 1.88 bits per heavy atom. The topological polar surface area (TPSA) is 81.4 Å². The summed E-state index contributed by atoms with van der Waals surface area (Å²) in [5, 5.41) is 17.4. The van der Waals surface area contributed by atoms with Gasteiger partial charge in [-0.25, -0.2) is 0 Å². The molecule has 0 aliphatic heterocycles. The molecule has 1 heterocycles. The van der Waals surface area contributed by atoms with Crippen molar-refractivity contribution in [2.24, 2.45) is 0 Å². The Hall–Kier alpha value is -2.53. The van der Waals surface area contributed by atoms with Gasteiger partial charge in [0.25, 0.3) is 0 Å². The Morgan fingerprint density at radius 1 is 1.31 bits per heavy atom. The third kappa shape index (κ3) is 2.73. The highest BCUT2D eigenvalue weighted by molar-refractivity contribution is 5.95. The number of aromatic nitrogens is 2. The van der Waals surface area contributed by atoms with E-state index in [0.717, 1.165) is 0 Å². The number of ketones is 1. The van der Waals surface area contributed by atoms with Crippen LogP contribution in [0, 0.1) is 22.7 Å². The summed E-state index contributed by atoms with van der Waals surface area (Å²) in [6.07, 6.45) is 6.46. The Kier molecular flexibility index (Phi) is 3.88. The standard InChI is InChI=1S/C11H9N4O/c1-9(16)11(10(6-12)7-13)8-15-4-2-14-3-5-15/h2-5H,8H2,1H3/q+1. The number of rotatable bonds is 3. The minimum Gasteiger partial charge on any atom is -0.295 e. The summed E-state index contributed by atoms with van der Waals surface area (Å²) in [6.45, 7) is 1.54. The molecular formula is C11H9N4O+. The van der Waals surface area contributed by atoms with Crippen LogP contribution in [-0.2, 0) is 11.3 Å². The van der Waals surface area contributed by atoms with Crippen molar-refractivity contribution in [1.82, 2.24) is 4.98 Å². The summed E-state index contributed by atoms with van der Waals surface area (Å²) in [4.78, 5) is 15.1. The summed E-state index contributed by atoms with van der Waals surface area (Å²) in [6, 6.07) is 3.44. The molecule has 0 unspecified atom stereocenters. The second-order valence-corrected chi connectivity index (χ2v) is 3.05. The molecule has 0 spiro atoms. The quantitative estimate of drug-likeness (QED) is 0.411. The lowest BCUT2D eigenvalue weighted by Gasteiger charge is -1.98. The molecule has 1 rings (SSSR count). The van der Waals surface area contributed by atoms with Crippen molar-refractivity contribution in [2.75, 3.05) is 0 Å². The first kappa shape index (κ1) is 11.5. The van der Waals surface area contributed by atoms with Crippen LogP contribution >= 0.6 is 0 Å². The van der Waals surface area contributed by atoms with Gasteiger partial charge in [-0.1, -0.05) is 0 Å². The van der Waals surface area contributed by atoms with Crippen molar-refractivity contribution in [1.29, 1.82) is 10.5 Å². The lowest BCUT2D eigenvalue weighted by atomic mass is 10.1. The Labute approximate surface area is 92.9 Å². The Bertz CT molecular complexity index is 489. The molecule has 0 bridgehead atoms. The molecule has 0 atom stereocenters. The fraction of sp³-hybridized carbons (Fsp3) is 0.182. The molecule has 5 nitrogen and oxygen atoms in total. The van der Waals surface area contributed by atoms with E-state index >= 15 is 0 Å². The second kappa shape index (κ2) is 5.38. The van der Waals surface area contributed by atoms with Crippen LogP contribution in [0.2, 0.25) is 0 Å². The third-order valence-corrected chi connectivity index (χ3v) is 1.98. The van der Waals surface area contributed by atoms with Gasteiger partial charge in [0.1, 0.15) is 17.7 Å². The predicted molar refractivity (Wildman–Crippen MR) is 53.4 cm³/mol. The average Bonchev–Trinajstić information content (AvgIpc) is 2.30. The van der Waals surface area contributed by atoms with E-state index in [-0.39, 0.29) is 23.5 Å². The molecule has 0 aromatic carbocycles. The van der Waals surface area contributed by atoms with E-state index in [4.69, 9.17) is 10.5 Å². The van der Waals surface area contributed by atoms with Crippen molar-refractivity contribution in [3.63, 3.8) is 0 Å². The van der Waals surface area contributed by atoms with E-state index in [1.165, 1.54) is 6.92 Å². The number of Topliss-reactive ketones (excluding diaryl/α,β-unsaturated/α-hetero) is 1. The average molecular weight is 213 g/mol. The summed E-state index contributed by atoms with van der Waals surface area (Å²) >= 11 is 0. The first-order valence-electron chi connectivity index (χ1n) is 4.52. The maximum Gasteiger partial charge on any atom is 0.187 e. The number of carbonyl (C=O) groups excluding carboxylic acids is 1. The lowest BCUT2D eigenvalue weighted by molar-refractivity contribution is -0.688. The van der Waals surface area contributed by atoms with Crippen LogP contribution in [0.5, 0.6) is 0 Å². The molecule has 5 heteroatoms. The van der Waals surface area contributed by atoms with Crippen LogP contribution in [0.4, 0.5) is 0 Å². The summed E-state index contributed by atoms with van der Waals surface area (Å²) in [5.41, 5.74) is 0.0676.